The van der Waals surface area contributed by atoms with Gasteiger partial charge >= 0.3 is 0 Å². The van der Waals surface area contributed by atoms with Gasteiger partial charge in [0.2, 0.25) is 5.91 Å². The lowest BCUT2D eigenvalue weighted by molar-refractivity contribution is -0.117. The molecule has 1 amide bonds. The van der Waals surface area contributed by atoms with E-state index in [1.807, 2.05) is 43.3 Å². The third-order valence-corrected chi connectivity index (χ3v) is 4.08. The second-order valence-corrected chi connectivity index (χ2v) is 5.77. The molecule has 2 rings (SSSR count). The molecule has 0 saturated heterocycles. The normalized spacial score (nSPS) is 12.0. The van der Waals surface area contributed by atoms with Gasteiger partial charge in [-0.25, -0.2) is 0 Å². The molecule has 0 aliphatic rings. The van der Waals surface area contributed by atoms with Crippen LogP contribution in [-0.4, -0.2) is 20.1 Å². The molecule has 0 saturated carbocycles. The number of ether oxygens (including phenoxy) is 2. The Bertz CT molecular complexity index is 735. The standard InChI is InChI=1S/C21H25NO3/c1-5-16-6-8-17(9-7-16)10-13-21(23)22-15(2)19-14-18(24-3)11-12-20(19)25-4/h6-15H,5H2,1-4H3,(H,22,23)/b13-10+/t15-/m1/s1. The van der Waals surface area contributed by atoms with Crippen molar-refractivity contribution in [3.63, 3.8) is 0 Å². The SMILES string of the molecule is CCc1ccc(/C=C/C(=O)N[C@H](C)c2cc(OC)ccc2OC)cc1. The molecule has 2 aromatic rings. The first-order valence-electron chi connectivity index (χ1n) is 8.36. The fourth-order valence-corrected chi connectivity index (χ4v) is 2.55. The summed E-state index contributed by atoms with van der Waals surface area (Å²) in [5, 5.41) is 2.95. The molecule has 0 aromatic heterocycles. The number of rotatable bonds is 7. The molecule has 0 fully saturated rings. The van der Waals surface area contributed by atoms with E-state index in [1.165, 1.54) is 5.56 Å². The Kier molecular flexibility index (Phi) is 6.63. The first-order chi connectivity index (χ1) is 12.1. The number of hydrogen-bond acceptors (Lipinski definition) is 3. The van der Waals surface area contributed by atoms with E-state index in [0.717, 1.165) is 23.3 Å². The van der Waals surface area contributed by atoms with Crippen LogP contribution in [0, 0.1) is 0 Å². The first-order valence-corrected chi connectivity index (χ1v) is 8.36. The molecule has 0 radical (unpaired) electrons. The third kappa shape index (κ3) is 5.11. The Hall–Kier alpha value is -2.75. The summed E-state index contributed by atoms with van der Waals surface area (Å²) in [5.41, 5.74) is 3.15. The number of carbonyl (C=O) groups is 1. The first kappa shape index (κ1) is 18.6. The molecule has 0 spiro atoms. The Labute approximate surface area is 149 Å². The zero-order valence-electron chi connectivity index (χ0n) is 15.2. The highest BCUT2D eigenvalue weighted by molar-refractivity contribution is 5.92. The van der Waals surface area contributed by atoms with Crippen LogP contribution in [0.2, 0.25) is 0 Å². The van der Waals surface area contributed by atoms with Gasteiger partial charge in [0.15, 0.2) is 0 Å². The van der Waals surface area contributed by atoms with Crippen molar-refractivity contribution in [3.8, 4) is 11.5 Å². The lowest BCUT2D eigenvalue weighted by Gasteiger charge is -2.17. The van der Waals surface area contributed by atoms with Crippen LogP contribution in [-0.2, 0) is 11.2 Å². The van der Waals surface area contributed by atoms with E-state index in [0.29, 0.717) is 5.75 Å². The minimum atomic E-state index is -0.204. The van der Waals surface area contributed by atoms with E-state index in [1.54, 1.807) is 20.3 Å². The molecule has 132 valence electrons. The highest BCUT2D eigenvalue weighted by Crippen LogP contribution is 2.29. The number of hydrogen-bond donors (Lipinski definition) is 1. The third-order valence-electron chi connectivity index (χ3n) is 4.08. The predicted molar refractivity (Wildman–Crippen MR) is 101 cm³/mol. The Morgan fingerprint density at radius 3 is 2.44 bits per heavy atom. The summed E-state index contributed by atoms with van der Waals surface area (Å²) in [6.45, 7) is 4.03. The van der Waals surface area contributed by atoms with Gasteiger partial charge in [0.05, 0.1) is 20.3 Å². The number of nitrogens with one attached hydrogen (secondary N) is 1. The fourth-order valence-electron chi connectivity index (χ4n) is 2.55. The molecule has 0 bridgehead atoms. The molecule has 0 heterocycles. The summed E-state index contributed by atoms with van der Waals surface area (Å²) in [6, 6.07) is 13.5. The molecule has 0 aliphatic carbocycles. The van der Waals surface area contributed by atoms with Crippen molar-refractivity contribution in [1.82, 2.24) is 5.32 Å². The second-order valence-electron chi connectivity index (χ2n) is 5.77. The van der Waals surface area contributed by atoms with Crippen LogP contribution in [0.1, 0.15) is 36.6 Å². The Balaban J connectivity index is 2.05. The molecular weight excluding hydrogens is 314 g/mol. The van der Waals surface area contributed by atoms with Crippen molar-refractivity contribution < 1.29 is 14.3 Å². The summed E-state index contributed by atoms with van der Waals surface area (Å²) in [6.07, 6.45) is 4.36. The van der Waals surface area contributed by atoms with Gasteiger partial charge in [-0.1, -0.05) is 31.2 Å². The zero-order valence-corrected chi connectivity index (χ0v) is 15.2. The molecule has 2 aromatic carbocycles. The highest BCUT2D eigenvalue weighted by Gasteiger charge is 2.14. The lowest BCUT2D eigenvalue weighted by Crippen LogP contribution is -2.25. The number of carbonyl (C=O) groups excluding carboxylic acids is 1. The molecule has 4 nitrogen and oxygen atoms in total. The maximum absolute atomic E-state index is 12.2. The van der Waals surface area contributed by atoms with Crippen LogP contribution in [0.5, 0.6) is 11.5 Å². The number of methoxy groups -OCH3 is 2. The van der Waals surface area contributed by atoms with E-state index in [9.17, 15) is 4.79 Å². The largest absolute Gasteiger partial charge is 0.497 e. The van der Waals surface area contributed by atoms with Crippen LogP contribution in [0.25, 0.3) is 6.08 Å². The summed E-state index contributed by atoms with van der Waals surface area (Å²) in [4.78, 5) is 12.2. The minimum absolute atomic E-state index is 0.156. The molecule has 0 aliphatic heterocycles. The van der Waals surface area contributed by atoms with Crippen molar-refractivity contribution >= 4 is 12.0 Å². The average molecular weight is 339 g/mol. The van der Waals surface area contributed by atoms with Gasteiger partial charge in [-0.2, -0.15) is 0 Å². The predicted octanol–water partition coefficient (Wildman–Crippen LogP) is 4.16. The van der Waals surface area contributed by atoms with E-state index in [4.69, 9.17) is 9.47 Å². The minimum Gasteiger partial charge on any atom is -0.497 e. The molecule has 1 N–H and O–H groups in total. The van der Waals surface area contributed by atoms with Crippen LogP contribution < -0.4 is 14.8 Å². The van der Waals surface area contributed by atoms with Crippen molar-refractivity contribution in [2.45, 2.75) is 26.3 Å². The lowest BCUT2D eigenvalue weighted by atomic mass is 10.1. The Morgan fingerprint density at radius 2 is 1.84 bits per heavy atom. The van der Waals surface area contributed by atoms with E-state index in [-0.39, 0.29) is 11.9 Å². The van der Waals surface area contributed by atoms with Gasteiger partial charge in [0.1, 0.15) is 11.5 Å². The van der Waals surface area contributed by atoms with Crippen LogP contribution in [0.4, 0.5) is 0 Å². The van der Waals surface area contributed by atoms with E-state index in [2.05, 4.69) is 24.4 Å². The summed E-state index contributed by atoms with van der Waals surface area (Å²) < 4.78 is 10.6. The van der Waals surface area contributed by atoms with Crippen molar-refractivity contribution in [3.05, 3.63) is 65.2 Å². The number of benzene rings is 2. The quantitative estimate of drug-likeness (QED) is 0.771. The molecular formula is C21H25NO3. The van der Waals surface area contributed by atoms with Gasteiger partial charge in [-0.3, -0.25) is 4.79 Å². The van der Waals surface area contributed by atoms with Crippen molar-refractivity contribution in [2.75, 3.05) is 14.2 Å². The van der Waals surface area contributed by atoms with E-state index >= 15 is 0 Å². The van der Waals surface area contributed by atoms with Gasteiger partial charge in [-0.15, -0.1) is 0 Å². The smallest absolute Gasteiger partial charge is 0.244 e. The molecule has 4 heteroatoms. The molecule has 1 atom stereocenters. The molecule has 25 heavy (non-hydrogen) atoms. The maximum Gasteiger partial charge on any atom is 0.244 e. The Morgan fingerprint density at radius 1 is 1.12 bits per heavy atom. The average Bonchev–Trinajstić information content (AvgIpc) is 2.66. The maximum atomic E-state index is 12.2. The second kappa shape index (κ2) is 8.92. The summed E-state index contributed by atoms with van der Waals surface area (Å²) in [7, 11) is 3.22. The summed E-state index contributed by atoms with van der Waals surface area (Å²) >= 11 is 0. The topological polar surface area (TPSA) is 47.6 Å². The van der Waals surface area contributed by atoms with Gasteiger partial charge < -0.3 is 14.8 Å². The highest BCUT2D eigenvalue weighted by atomic mass is 16.5. The zero-order chi connectivity index (χ0) is 18.2. The van der Waals surface area contributed by atoms with Crippen LogP contribution >= 0.6 is 0 Å². The monoisotopic (exact) mass is 339 g/mol. The van der Waals surface area contributed by atoms with Gasteiger partial charge in [0, 0.05) is 11.6 Å². The van der Waals surface area contributed by atoms with E-state index < -0.39 is 0 Å². The fraction of sp³-hybridized carbons (Fsp3) is 0.286. The van der Waals surface area contributed by atoms with Crippen LogP contribution in [0.3, 0.4) is 0 Å². The molecule has 0 unspecified atom stereocenters. The van der Waals surface area contributed by atoms with Crippen molar-refractivity contribution in [1.29, 1.82) is 0 Å². The summed E-state index contributed by atoms with van der Waals surface area (Å²) in [5.74, 6) is 1.29. The van der Waals surface area contributed by atoms with Gasteiger partial charge in [-0.05, 0) is 48.7 Å². The van der Waals surface area contributed by atoms with Crippen LogP contribution in [0.15, 0.2) is 48.5 Å². The van der Waals surface area contributed by atoms with Crippen molar-refractivity contribution in [2.24, 2.45) is 0 Å². The van der Waals surface area contributed by atoms with Gasteiger partial charge in [0.25, 0.3) is 0 Å². The number of amides is 1. The number of aryl methyl sites for hydroxylation is 1.